The summed E-state index contributed by atoms with van der Waals surface area (Å²) in [7, 11) is 0. The van der Waals surface area contributed by atoms with Gasteiger partial charge < -0.3 is 9.88 Å². The number of anilines is 1. The molecule has 2 aliphatic rings. The Labute approximate surface area is 118 Å². The Balaban J connectivity index is 1.55. The Morgan fingerprint density at radius 1 is 1.15 bits per heavy atom. The lowest BCUT2D eigenvalue weighted by molar-refractivity contribution is 0.504. The quantitative estimate of drug-likeness (QED) is 0.867. The van der Waals surface area contributed by atoms with Crippen LogP contribution in [-0.2, 0) is 0 Å². The van der Waals surface area contributed by atoms with Crippen molar-refractivity contribution in [1.82, 2.24) is 19.5 Å². The molecule has 0 spiro atoms. The molecular formula is C15H19N5. The first-order valence-corrected chi connectivity index (χ1v) is 7.48. The number of rotatable bonds is 4. The first-order valence-electron chi connectivity index (χ1n) is 7.48. The van der Waals surface area contributed by atoms with Gasteiger partial charge in [-0.2, -0.15) is 0 Å². The molecule has 0 bridgehead atoms. The molecule has 0 aromatic carbocycles. The summed E-state index contributed by atoms with van der Waals surface area (Å²) in [6, 6.07) is 0.603. The molecule has 5 nitrogen and oxygen atoms in total. The summed E-state index contributed by atoms with van der Waals surface area (Å²) >= 11 is 0. The number of hydrogen-bond acceptors (Lipinski definition) is 4. The second-order valence-electron chi connectivity index (χ2n) is 5.81. The maximum Gasteiger partial charge on any atom is 0.165 e. The molecule has 0 aliphatic heterocycles. The van der Waals surface area contributed by atoms with Crippen molar-refractivity contribution in [2.75, 3.05) is 11.9 Å². The highest BCUT2D eigenvalue weighted by molar-refractivity contribution is 5.82. The zero-order valence-corrected chi connectivity index (χ0v) is 11.5. The molecule has 0 amide bonds. The lowest BCUT2D eigenvalue weighted by Crippen LogP contribution is -2.16. The molecule has 2 aliphatic carbocycles. The van der Waals surface area contributed by atoms with Gasteiger partial charge in [0.15, 0.2) is 11.5 Å². The Hall–Kier alpha value is -1.91. The average Bonchev–Trinajstić information content (AvgIpc) is 3.25. The van der Waals surface area contributed by atoms with Crippen molar-refractivity contribution in [3.63, 3.8) is 0 Å². The minimum atomic E-state index is 0.603. The first-order chi connectivity index (χ1) is 9.92. The number of aromatic nitrogens is 4. The highest BCUT2D eigenvalue weighted by Crippen LogP contribution is 2.37. The van der Waals surface area contributed by atoms with Gasteiger partial charge in [-0.15, -0.1) is 0 Å². The third-order valence-corrected chi connectivity index (χ3v) is 4.23. The van der Waals surface area contributed by atoms with E-state index in [0.717, 1.165) is 29.9 Å². The summed E-state index contributed by atoms with van der Waals surface area (Å²) in [5.41, 5.74) is 1.87. The van der Waals surface area contributed by atoms with Crippen molar-refractivity contribution < 1.29 is 0 Å². The van der Waals surface area contributed by atoms with Gasteiger partial charge >= 0.3 is 0 Å². The van der Waals surface area contributed by atoms with Crippen LogP contribution in [-0.4, -0.2) is 26.1 Å². The highest BCUT2D eigenvalue weighted by atomic mass is 15.2. The standard InChI is InChI=1S/C15H19N5/c1-2-4-11(5-3-1)8-16-14-13-15(18-9-17-14)20(10-19-13)12-6-7-12/h1-2,9-12H,3-8H2,(H,16,17,18). The number of fused-ring (bicyclic) bond motifs is 1. The number of allylic oxidation sites excluding steroid dienone is 2. The summed E-state index contributed by atoms with van der Waals surface area (Å²) in [6.45, 7) is 0.965. The monoisotopic (exact) mass is 269 g/mol. The van der Waals surface area contributed by atoms with E-state index in [4.69, 9.17) is 0 Å². The van der Waals surface area contributed by atoms with Crippen LogP contribution in [0.2, 0.25) is 0 Å². The van der Waals surface area contributed by atoms with Crippen molar-refractivity contribution in [2.45, 2.75) is 38.1 Å². The molecule has 2 aromatic heterocycles. The summed E-state index contributed by atoms with van der Waals surface area (Å²) in [4.78, 5) is 13.3. The maximum absolute atomic E-state index is 4.51. The molecular weight excluding hydrogens is 250 g/mol. The maximum atomic E-state index is 4.51. The minimum Gasteiger partial charge on any atom is -0.368 e. The predicted molar refractivity (Wildman–Crippen MR) is 78.6 cm³/mol. The summed E-state index contributed by atoms with van der Waals surface area (Å²) < 4.78 is 2.19. The number of nitrogens with one attached hydrogen (secondary N) is 1. The number of nitrogens with zero attached hydrogens (tertiary/aromatic N) is 4. The van der Waals surface area contributed by atoms with Crippen LogP contribution in [0.15, 0.2) is 24.8 Å². The van der Waals surface area contributed by atoms with E-state index in [9.17, 15) is 0 Å². The molecule has 2 aromatic rings. The van der Waals surface area contributed by atoms with Crippen LogP contribution in [0, 0.1) is 5.92 Å². The molecule has 1 atom stereocenters. The molecule has 5 heteroatoms. The van der Waals surface area contributed by atoms with Gasteiger partial charge in [0.25, 0.3) is 0 Å². The lowest BCUT2D eigenvalue weighted by Gasteiger charge is -2.18. The van der Waals surface area contributed by atoms with Crippen molar-refractivity contribution in [3.8, 4) is 0 Å². The third-order valence-electron chi connectivity index (χ3n) is 4.23. The van der Waals surface area contributed by atoms with E-state index < -0.39 is 0 Å². The molecule has 1 fully saturated rings. The van der Waals surface area contributed by atoms with E-state index in [2.05, 4.69) is 37.0 Å². The molecule has 104 valence electrons. The Morgan fingerprint density at radius 2 is 2.10 bits per heavy atom. The van der Waals surface area contributed by atoms with Gasteiger partial charge in [-0.3, -0.25) is 0 Å². The second kappa shape index (κ2) is 4.89. The molecule has 0 radical (unpaired) electrons. The predicted octanol–water partition coefficient (Wildman–Crippen LogP) is 2.93. The van der Waals surface area contributed by atoms with Crippen LogP contribution >= 0.6 is 0 Å². The Bertz CT molecular complexity index is 641. The molecule has 1 N–H and O–H groups in total. The van der Waals surface area contributed by atoms with Crippen LogP contribution in [0.5, 0.6) is 0 Å². The minimum absolute atomic E-state index is 0.603. The SMILES string of the molecule is C1=CCC(CNc2ncnc3c2ncn3C2CC2)CC1. The van der Waals surface area contributed by atoms with Crippen LogP contribution in [0.3, 0.4) is 0 Å². The van der Waals surface area contributed by atoms with Crippen LogP contribution in [0.1, 0.15) is 38.1 Å². The molecule has 0 saturated heterocycles. The summed E-state index contributed by atoms with van der Waals surface area (Å²) in [5, 5.41) is 3.47. The van der Waals surface area contributed by atoms with E-state index in [1.54, 1.807) is 6.33 Å². The normalized spacial score (nSPS) is 22.3. The van der Waals surface area contributed by atoms with Crippen molar-refractivity contribution in [2.24, 2.45) is 5.92 Å². The van der Waals surface area contributed by atoms with Crippen LogP contribution < -0.4 is 5.32 Å². The van der Waals surface area contributed by atoms with E-state index in [0.29, 0.717) is 12.0 Å². The highest BCUT2D eigenvalue weighted by Gasteiger charge is 2.26. The molecule has 4 rings (SSSR count). The Morgan fingerprint density at radius 3 is 2.90 bits per heavy atom. The van der Waals surface area contributed by atoms with Crippen molar-refractivity contribution in [3.05, 3.63) is 24.8 Å². The van der Waals surface area contributed by atoms with E-state index in [1.165, 1.54) is 25.7 Å². The largest absolute Gasteiger partial charge is 0.368 e. The molecule has 1 saturated carbocycles. The summed E-state index contributed by atoms with van der Waals surface area (Å²) in [5.74, 6) is 1.58. The van der Waals surface area contributed by atoms with Gasteiger partial charge in [-0.25, -0.2) is 15.0 Å². The fourth-order valence-corrected chi connectivity index (χ4v) is 2.88. The van der Waals surface area contributed by atoms with Crippen LogP contribution in [0.25, 0.3) is 11.2 Å². The zero-order valence-electron chi connectivity index (χ0n) is 11.5. The molecule has 2 heterocycles. The van der Waals surface area contributed by atoms with Crippen molar-refractivity contribution >= 4 is 17.0 Å². The fourth-order valence-electron chi connectivity index (χ4n) is 2.88. The van der Waals surface area contributed by atoms with Gasteiger partial charge in [-0.1, -0.05) is 12.2 Å². The Kier molecular flexibility index (Phi) is 2.90. The topological polar surface area (TPSA) is 55.6 Å². The van der Waals surface area contributed by atoms with E-state index in [1.807, 2.05) is 6.33 Å². The van der Waals surface area contributed by atoms with Gasteiger partial charge in [0.1, 0.15) is 11.8 Å². The average molecular weight is 269 g/mol. The zero-order chi connectivity index (χ0) is 13.4. The smallest absolute Gasteiger partial charge is 0.165 e. The van der Waals surface area contributed by atoms with E-state index in [-0.39, 0.29) is 0 Å². The van der Waals surface area contributed by atoms with Gasteiger partial charge in [0, 0.05) is 12.6 Å². The summed E-state index contributed by atoms with van der Waals surface area (Å²) in [6.07, 6.45) is 14.2. The van der Waals surface area contributed by atoms with Crippen LogP contribution in [0.4, 0.5) is 5.82 Å². The molecule has 1 unspecified atom stereocenters. The number of imidazole rings is 1. The van der Waals surface area contributed by atoms with Gasteiger partial charge in [0.2, 0.25) is 0 Å². The third kappa shape index (κ3) is 2.17. The fraction of sp³-hybridized carbons (Fsp3) is 0.533. The van der Waals surface area contributed by atoms with Gasteiger partial charge in [-0.05, 0) is 38.0 Å². The van der Waals surface area contributed by atoms with Gasteiger partial charge in [0.05, 0.1) is 6.33 Å². The van der Waals surface area contributed by atoms with E-state index >= 15 is 0 Å². The molecule has 20 heavy (non-hydrogen) atoms. The lowest BCUT2D eigenvalue weighted by atomic mass is 9.94. The van der Waals surface area contributed by atoms with Crippen molar-refractivity contribution in [1.29, 1.82) is 0 Å². The number of hydrogen-bond donors (Lipinski definition) is 1. The first kappa shape index (κ1) is 11.9. The second-order valence-corrected chi connectivity index (χ2v) is 5.81.